The molecule has 1 rings (SSSR count). The molecule has 3 amide bonds. The van der Waals surface area contributed by atoms with Gasteiger partial charge in [-0.15, -0.1) is 0 Å². The molecule has 1 unspecified atom stereocenters. The first-order chi connectivity index (χ1) is 7.99. The van der Waals surface area contributed by atoms with Gasteiger partial charge in [-0.05, 0) is 40.0 Å². The maximum Gasteiger partial charge on any atom is 0.321 e. The summed E-state index contributed by atoms with van der Waals surface area (Å²) >= 11 is 0. The smallest absolute Gasteiger partial charge is 0.321 e. The predicted molar refractivity (Wildman–Crippen MR) is 65.8 cm³/mol. The molecule has 0 spiro atoms. The van der Waals surface area contributed by atoms with Crippen molar-refractivity contribution in [2.45, 2.75) is 52.1 Å². The molecule has 98 valence electrons. The molecular formula is C12H24N3O2+. The normalized spacial score (nSPS) is 24.5. The van der Waals surface area contributed by atoms with E-state index in [2.05, 4.69) is 17.6 Å². The first-order valence-corrected chi connectivity index (χ1v) is 6.44. The van der Waals surface area contributed by atoms with E-state index in [0.717, 1.165) is 6.54 Å². The molecule has 2 atom stereocenters. The van der Waals surface area contributed by atoms with Gasteiger partial charge in [-0.3, -0.25) is 10.1 Å². The predicted octanol–water partition coefficient (Wildman–Crippen LogP) is -0.322. The summed E-state index contributed by atoms with van der Waals surface area (Å²) < 4.78 is 0. The molecule has 0 aromatic heterocycles. The molecule has 5 nitrogen and oxygen atoms in total. The first kappa shape index (κ1) is 14.0. The summed E-state index contributed by atoms with van der Waals surface area (Å²) in [5.74, 6) is -0.188. The van der Waals surface area contributed by atoms with Crippen LogP contribution in [0.25, 0.3) is 0 Å². The monoisotopic (exact) mass is 242 g/mol. The Bertz CT molecular complexity index is 279. The zero-order chi connectivity index (χ0) is 12.8. The number of amides is 3. The Morgan fingerprint density at radius 1 is 1.35 bits per heavy atom. The van der Waals surface area contributed by atoms with Crippen LogP contribution in [0.2, 0.25) is 0 Å². The number of quaternary nitrogens is 1. The van der Waals surface area contributed by atoms with E-state index in [9.17, 15) is 9.59 Å². The fraction of sp³-hybridized carbons (Fsp3) is 0.833. The molecular weight excluding hydrogens is 218 g/mol. The van der Waals surface area contributed by atoms with Gasteiger partial charge in [0.15, 0.2) is 6.54 Å². The van der Waals surface area contributed by atoms with Crippen molar-refractivity contribution >= 4 is 11.9 Å². The maximum atomic E-state index is 11.7. The molecule has 1 aliphatic rings. The van der Waals surface area contributed by atoms with Crippen molar-refractivity contribution in [2.24, 2.45) is 0 Å². The lowest BCUT2D eigenvalue weighted by Gasteiger charge is -2.29. The van der Waals surface area contributed by atoms with Gasteiger partial charge in [0.25, 0.3) is 5.91 Å². The van der Waals surface area contributed by atoms with Crippen LogP contribution in [-0.4, -0.2) is 37.1 Å². The number of carbonyl (C=O) groups excluding carboxylic acids is 2. The number of piperidine rings is 1. The highest BCUT2D eigenvalue weighted by atomic mass is 16.2. The summed E-state index contributed by atoms with van der Waals surface area (Å²) in [5, 5.41) is 5.01. The van der Waals surface area contributed by atoms with Gasteiger partial charge >= 0.3 is 6.03 Å². The van der Waals surface area contributed by atoms with E-state index in [-0.39, 0.29) is 11.9 Å². The number of urea groups is 1. The lowest BCUT2D eigenvalue weighted by molar-refractivity contribution is -0.920. The number of carbonyl (C=O) groups is 2. The van der Waals surface area contributed by atoms with Gasteiger partial charge < -0.3 is 10.2 Å². The highest BCUT2D eigenvalue weighted by Gasteiger charge is 2.24. The standard InChI is InChI=1S/C12H23N3O2/c1-9(2)13-12(17)14-11(16)8-15-7-5-4-6-10(15)3/h9-10H,4-8H2,1-3H3,(H2,13,14,16,17)/p+1/t10-/m1/s1. The van der Waals surface area contributed by atoms with Gasteiger partial charge in [0.1, 0.15) is 0 Å². The first-order valence-electron chi connectivity index (χ1n) is 6.44. The number of likely N-dealkylation sites (tertiary alicyclic amines) is 1. The van der Waals surface area contributed by atoms with Crippen LogP contribution in [0.4, 0.5) is 4.79 Å². The summed E-state index contributed by atoms with van der Waals surface area (Å²) in [5.41, 5.74) is 0. The van der Waals surface area contributed by atoms with Crippen LogP contribution < -0.4 is 15.5 Å². The molecule has 0 bridgehead atoms. The van der Waals surface area contributed by atoms with Crippen LogP contribution in [0.3, 0.4) is 0 Å². The lowest BCUT2D eigenvalue weighted by Crippen LogP contribution is -3.17. The molecule has 0 aliphatic carbocycles. The molecule has 3 N–H and O–H groups in total. The Kier molecular flexibility index (Phi) is 5.41. The fourth-order valence-corrected chi connectivity index (χ4v) is 2.19. The van der Waals surface area contributed by atoms with Crippen molar-refractivity contribution in [2.75, 3.05) is 13.1 Å². The molecule has 1 fully saturated rings. The van der Waals surface area contributed by atoms with Crippen molar-refractivity contribution in [1.29, 1.82) is 0 Å². The number of nitrogens with one attached hydrogen (secondary N) is 3. The minimum Gasteiger partial charge on any atom is -0.336 e. The zero-order valence-electron chi connectivity index (χ0n) is 11.0. The minimum absolute atomic E-state index is 0.0454. The van der Waals surface area contributed by atoms with E-state index >= 15 is 0 Å². The average Bonchev–Trinajstić information content (AvgIpc) is 2.19. The van der Waals surface area contributed by atoms with Gasteiger partial charge in [-0.25, -0.2) is 4.79 Å². The number of hydrogen-bond donors (Lipinski definition) is 3. The van der Waals surface area contributed by atoms with Crippen LogP contribution in [0, 0.1) is 0 Å². The molecule has 0 radical (unpaired) electrons. The van der Waals surface area contributed by atoms with Crippen LogP contribution in [0.15, 0.2) is 0 Å². The number of hydrogen-bond acceptors (Lipinski definition) is 2. The van der Waals surface area contributed by atoms with Crippen molar-refractivity contribution < 1.29 is 14.5 Å². The van der Waals surface area contributed by atoms with Crippen molar-refractivity contribution in [3.63, 3.8) is 0 Å². The Labute approximate surface area is 103 Å². The summed E-state index contributed by atoms with van der Waals surface area (Å²) in [7, 11) is 0. The van der Waals surface area contributed by atoms with E-state index in [4.69, 9.17) is 0 Å². The summed E-state index contributed by atoms with van der Waals surface area (Å²) in [6.45, 7) is 7.31. The van der Waals surface area contributed by atoms with Crippen LogP contribution >= 0.6 is 0 Å². The van der Waals surface area contributed by atoms with E-state index < -0.39 is 6.03 Å². The van der Waals surface area contributed by atoms with Crippen molar-refractivity contribution in [1.82, 2.24) is 10.6 Å². The molecule has 0 aromatic rings. The van der Waals surface area contributed by atoms with Crippen molar-refractivity contribution in [3.05, 3.63) is 0 Å². The highest BCUT2D eigenvalue weighted by molar-refractivity contribution is 5.94. The van der Waals surface area contributed by atoms with Crippen LogP contribution in [-0.2, 0) is 4.79 Å². The van der Waals surface area contributed by atoms with Crippen LogP contribution in [0.1, 0.15) is 40.0 Å². The van der Waals surface area contributed by atoms with Gasteiger partial charge in [-0.1, -0.05) is 0 Å². The molecule has 0 saturated carbocycles. The fourth-order valence-electron chi connectivity index (χ4n) is 2.19. The van der Waals surface area contributed by atoms with Crippen LogP contribution in [0.5, 0.6) is 0 Å². The zero-order valence-corrected chi connectivity index (χ0v) is 11.0. The topological polar surface area (TPSA) is 62.6 Å². The largest absolute Gasteiger partial charge is 0.336 e. The highest BCUT2D eigenvalue weighted by Crippen LogP contribution is 2.01. The van der Waals surface area contributed by atoms with E-state index in [1.165, 1.54) is 24.2 Å². The Balaban J connectivity index is 2.30. The molecule has 5 heteroatoms. The summed E-state index contributed by atoms with van der Waals surface area (Å²) in [6.07, 6.45) is 3.59. The molecule has 1 aliphatic heterocycles. The third-order valence-corrected chi connectivity index (χ3v) is 3.14. The molecule has 1 saturated heterocycles. The second-order valence-corrected chi connectivity index (χ2v) is 5.16. The third-order valence-electron chi connectivity index (χ3n) is 3.14. The summed E-state index contributed by atoms with van der Waals surface area (Å²) in [4.78, 5) is 24.3. The van der Waals surface area contributed by atoms with Gasteiger partial charge in [0, 0.05) is 6.04 Å². The number of rotatable bonds is 3. The average molecular weight is 242 g/mol. The van der Waals surface area contributed by atoms with E-state index in [1.54, 1.807) is 0 Å². The quantitative estimate of drug-likeness (QED) is 0.635. The number of imide groups is 1. The van der Waals surface area contributed by atoms with E-state index in [0.29, 0.717) is 12.6 Å². The van der Waals surface area contributed by atoms with Gasteiger partial charge in [0.05, 0.1) is 12.6 Å². The lowest BCUT2D eigenvalue weighted by atomic mass is 10.0. The minimum atomic E-state index is -0.394. The second-order valence-electron chi connectivity index (χ2n) is 5.16. The van der Waals surface area contributed by atoms with E-state index in [1.807, 2.05) is 13.8 Å². The Morgan fingerprint density at radius 2 is 2.06 bits per heavy atom. The molecule has 0 aromatic carbocycles. The maximum absolute atomic E-state index is 11.7. The Hall–Kier alpha value is -1.10. The SMILES string of the molecule is CC(C)NC(=O)NC(=O)C[NH+]1CCCC[C@H]1C. The van der Waals surface area contributed by atoms with Gasteiger partial charge in [-0.2, -0.15) is 0 Å². The van der Waals surface area contributed by atoms with Gasteiger partial charge in [0.2, 0.25) is 0 Å². The van der Waals surface area contributed by atoms with Crippen molar-refractivity contribution in [3.8, 4) is 0 Å². The molecule has 1 heterocycles. The Morgan fingerprint density at radius 3 is 2.65 bits per heavy atom. The molecule has 17 heavy (non-hydrogen) atoms. The summed E-state index contributed by atoms with van der Waals surface area (Å²) in [6, 6.07) is 0.167. The third kappa shape index (κ3) is 5.17. The second kappa shape index (κ2) is 6.59.